The van der Waals surface area contributed by atoms with Gasteiger partial charge in [0.2, 0.25) is 5.91 Å². The Morgan fingerprint density at radius 1 is 1.25 bits per heavy atom. The van der Waals surface area contributed by atoms with Gasteiger partial charge in [0.05, 0.1) is 18.4 Å². The summed E-state index contributed by atoms with van der Waals surface area (Å²) in [6, 6.07) is 13.6. The van der Waals surface area contributed by atoms with E-state index in [1.807, 2.05) is 31.3 Å². The first kappa shape index (κ1) is 16.1. The summed E-state index contributed by atoms with van der Waals surface area (Å²) >= 11 is 0. The minimum absolute atomic E-state index is 0.0170. The molecule has 1 heterocycles. The summed E-state index contributed by atoms with van der Waals surface area (Å²) in [6.07, 6.45) is 0. The van der Waals surface area contributed by atoms with E-state index < -0.39 is 0 Å². The first-order valence-electron chi connectivity index (χ1n) is 7.78. The number of rotatable bonds is 4. The number of nitrogens with zero attached hydrogens (tertiary/aromatic N) is 1. The standard InChI is InChI=1S/C18H18FN3O2/c1-21(10-13-5-4-6-14(19)9-13)12-18(24)22-11-17(23)20-15-7-2-3-8-16(15)22/h2-9H,10-12H2,1H3,(H,20,23)/p+1. The van der Waals surface area contributed by atoms with Gasteiger partial charge >= 0.3 is 0 Å². The Bertz CT molecular complexity index is 778. The van der Waals surface area contributed by atoms with Gasteiger partial charge in [-0.2, -0.15) is 0 Å². The Labute approximate surface area is 139 Å². The van der Waals surface area contributed by atoms with Gasteiger partial charge in [-0.05, 0) is 24.3 Å². The molecular weight excluding hydrogens is 309 g/mol. The second-order valence-electron chi connectivity index (χ2n) is 5.99. The minimum Gasteiger partial charge on any atom is -0.326 e. The van der Waals surface area contributed by atoms with Gasteiger partial charge in [-0.15, -0.1) is 0 Å². The van der Waals surface area contributed by atoms with Crippen molar-refractivity contribution in [1.82, 2.24) is 0 Å². The molecule has 5 nitrogen and oxygen atoms in total. The van der Waals surface area contributed by atoms with Crippen molar-refractivity contribution in [2.24, 2.45) is 0 Å². The number of carbonyl (C=O) groups excluding carboxylic acids is 2. The van der Waals surface area contributed by atoms with Crippen LogP contribution in [0.15, 0.2) is 48.5 Å². The fourth-order valence-electron chi connectivity index (χ4n) is 2.87. The second-order valence-corrected chi connectivity index (χ2v) is 5.99. The molecule has 1 aliphatic heterocycles. The van der Waals surface area contributed by atoms with Crippen LogP contribution in [0.25, 0.3) is 0 Å². The van der Waals surface area contributed by atoms with Gasteiger partial charge in [0.15, 0.2) is 6.54 Å². The molecule has 0 spiro atoms. The van der Waals surface area contributed by atoms with Gasteiger partial charge in [-0.3, -0.25) is 14.5 Å². The number of anilines is 2. The summed E-state index contributed by atoms with van der Waals surface area (Å²) in [5, 5.41) is 2.76. The van der Waals surface area contributed by atoms with E-state index in [0.717, 1.165) is 10.5 Å². The van der Waals surface area contributed by atoms with Crippen molar-refractivity contribution in [3.8, 4) is 0 Å². The summed E-state index contributed by atoms with van der Waals surface area (Å²) in [4.78, 5) is 26.9. The number of benzene rings is 2. The minimum atomic E-state index is -0.284. The molecule has 24 heavy (non-hydrogen) atoms. The van der Waals surface area contributed by atoms with Crippen LogP contribution in [0.2, 0.25) is 0 Å². The average Bonchev–Trinajstić information content (AvgIpc) is 2.53. The van der Waals surface area contributed by atoms with E-state index in [2.05, 4.69) is 5.32 Å². The molecule has 0 aliphatic carbocycles. The van der Waals surface area contributed by atoms with Crippen molar-refractivity contribution >= 4 is 23.2 Å². The third-order valence-corrected chi connectivity index (χ3v) is 3.92. The maximum absolute atomic E-state index is 13.3. The van der Waals surface area contributed by atoms with Crippen molar-refractivity contribution in [3.05, 3.63) is 59.9 Å². The molecule has 0 bridgehead atoms. The predicted octanol–water partition coefficient (Wildman–Crippen LogP) is 0.826. The number of halogens is 1. The molecule has 1 unspecified atom stereocenters. The number of nitrogens with one attached hydrogen (secondary N) is 2. The Balaban J connectivity index is 1.69. The van der Waals surface area contributed by atoms with E-state index in [4.69, 9.17) is 0 Å². The molecule has 3 rings (SSSR count). The van der Waals surface area contributed by atoms with Crippen molar-refractivity contribution in [2.45, 2.75) is 6.54 Å². The van der Waals surface area contributed by atoms with Gasteiger partial charge in [-0.25, -0.2) is 4.39 Å². The van der Waals surface area contributed by atoms with Crippen LogP contribution in [0.4, 0.5) is 15.8 Å². The molecule has 6 heteroatoms. The number of para-hydroxylation sites is 2. The molecule has 2 aromatic rings. The number of fused-ring (bicyclic) bond motifs is 1. The normalized spacial score (nSPS) is 14.8. The molecule has 0 fully saturated rings. The smallest absolute Gasteiger partial charge is 0.282 e. The zero-order valence-corrected chi connectivity index (χ0v) is 13.4. The number of amides is 2. The molecule has 1 atom stereocenters. The molecule has 1 aliphatic rings. The summed E-state index contributed by atoms with van der Waals surface area (Å²) in [7, 11) is 1.87. The number of hydrogen-bond acceptors (Lipinski definition) is 2. The molecule has 124 valence electrons. The molecule has 0 aromatic heterocycles. The highest BCUT2D eigenvalue weighted by atomic mass is 19.1. The highest BCUT2D eigenvalue weighted by molar-refractivity contribution is 6.10. The van der Waals surface area contributed by atoms with Crippen LogP contribution in [0.5, 0.6) is 0 Å². The quantitative estimate of drug-likeness (QED) is 0.873. The van der Waals surface area contributed by atoms with E-state index in [-0.39, 0.29) is 30.7 Å². The molecule has 2 N–H and O–H groups in total. The van der Waals surface area contributed by atoms with Crippen LogP contribution in [0.3, 0.4) is 0 Å². The lowest BCUT2D eigenvalue weighted by Crippen LogP contribution is -3.09. The van der Waals surface area contributed by atoms with Crippen molar-refractivity contribution in [3.63, 3.8) is 0 Å². The topological polar surface area (TPSA) is 53.9 Å². The van der Waals surface area contributed by atoms with Crippen molar-refractivity contribution in [1.29, 1.82) is 0 Å². The first-order chi connectivity index (χ1) is 11.5. The number of hydrogen-bond donors (Lipinski definition) is 2. The highest BCUT2D eigenvalue weighted by Gasteiger charge is 2.28. The van der Waals surface area contributed by atoms with E-state index >= 15 is 0 Å². The zero-order chi connectivity index (χ0) is 17.1. The Morgan fingerprint density at radius 2 is 2.04 bits per heavy atom. The fraction of sp³-hybridized carbons (Fsp3) is 0.222. The van der Waals surface area contributed by atoms with Crippen LogP contribution in [0.1, 0.15) is 5.56 Å². The lowest BCUT2D eigenvalue weighted by molar-refractivity contribution is -0.885. The molecule has 2 amide bonds. The van der Waals surface area contributed by atoms with Crippen molar-refractivity contribution in [2.75, 3.05) is 30.4 Å². The SMILES string of the molecule is C[NH+](CC(=O)N1CC(=O)Nc2ccccc21)Cc1cccc(F)c1. The summed E-state index contributed by atoms with van der Waals surface area (Å²) < 4.78 is 13.3. The van der Waals surface area contributed by atoms with Crippen LogP contribution in [-0.2, 0) is 16.1 Å². The van der Waals surface area contributed by atoms with Crippen LogP contribution >= 0.6 is 0 Å². The van der Waals surface area contributed by atoms with Crippen molar-refractivity contribution < 1.29 is 18.9 Å². The average molecular weight is 328 g/mol. The van der Waals surface area contributed by atoms with E-state index in [0.29, 0.717) is 17.9 Å². The van der Waals surface area contributed by atoms with Gasteiger partial charge in [-0.1, -0.05) is 24.3 Å². The second kappa shape index (κ2) is 6.80. The lowest BCUT2D eigenvalue weighted by Gasteiger charge is -2.29. The molecule has 0 radical (unpaired) electrons. The maximum Gasteiger partial charge on any atom is 0.282 e. The molecule has 2 aromatic carbocycles. The van der Waals surface area contributed by atoms with Gasteiger partial charge in [0, 0.05) is 5.56 Å². The molecule has 0 saturated carbocycles. The lowest BCUT2D eigenvalue weighted by atomic mass is 10.2. The van der Waals surface area contributed by atoms with Crippen LogP contribution < -0.4 is 15.1 Å². The monoisotopic (exact) mass is 328 g/mol. The molecular formula is C18H19FN3O2+. The number of carbonyl (C=O) groups is 2. The third kappa shape index (κ3) is 3.60. The Hall–Kier alpha value is -2.73. The summed E-state index contributed by atoms with van der Waals surface area (Å²) in [5.41, 5.74) is 2.18. The van der Waals surface area contributed by atoms with Gasteiger partial charge < -0.3 is 10.2 Å². The van der Waals surface area contributed by atoms with E-state index in [1.165, 1.54) is 17.0 Å². The molecule has 0 saturated heterocycles. The number of quaternary nitrogens is 1. The fourth-order valence-corrected chi connectivity index (χ4v) is 2.87. The summed E-state index contributed by atoms with van der Waals surface area (Å²) in [5.74, 6) is -0.621. The Morgan fingerprint density at radius 3 is 2.83 bits per heavy atom. The predicted molar refractivity (Wildman–Crippen MR) is 89.3 cm³/mol. The van der Waals surface area contributed by atoms with E-state index in [9.17, 15) is 14.0 Å². The first-order valence-corrected chi connectivity index (χ1v) is 7.78. The van der Waals surface area contributed by atoms with Gasteiger partial charge in [0.1, 0.15) is 18.9 Å². The van der Waals surface area contributed by atoms with Gasteiger partial charge in [0.25, 0.3) is 5.91 Å². The maximum atomic E-state index is 13.3. The zero-order valence-electron chi connectivity index (χ0n) is 13.4. The van der Waals surface area contributed by atoms with Crippen LogP contribution in [-0.4, -0.2) is 32.0 Å². The Kier molecular flexibility index (Phi) is 4.57. The highest BCUT2D eigenvalue weighted by Crippen LogP contribution is 2.28. The summed E-state index contributed by atoms with van der Waals surface area (Å²) in [6.45, 7) is 0.770. The third-order valence-electron chi connectivity index (χ3n) is 3.92. The van der Waals surface area contributed by atoms with Crippen LogP contribution in [0, 0.1) is 5.82 Å². The largest absolute Gasteiger partial charge is 0.326 e. The number of likely N-dealkylation sites (N-methyl/N-ethyl adjacent to an activating group) is 1. The van der Waals surface area contributed by atoms with E-state index in [1.54, 1.807) is 12.1 Å².